The lowest BCUT2D eigenvalue weighted by Gasteiger charge is -2.19. The normalized spacial score (nSPS) is 11.7. The van der Waals surface area contributed by atoms with Gasteiger partial charge in [0, 0.05) is 17.0 Å². The van der Waals surface area contributed by atoms with Crippen molar-refractivity contribution in [2.24, 2.45) is 0 Å². The summed E-state index contributed by atoms with van der Waals surface area (Å²) in [5.41, 5.74) is 8.35. The van der Waals surface area contributed by atoms with Gasteiger partial charge in [0.15, 0.2) is 11.6 Å². The van der Waals surface area contributed by atoms with Gasteiger partial charge in [0.05, 0.1) is 36.7 Å². The Labute approximate surface area is 151 Å². The summed E-state index contributed by atoms with van der Waals surface area (Å²) in [5, 5.41) is 0. The number of ether oxygens (including phenoxy) is 2. The molecule has 0 unspecified atom stereocenters. The number of aromatic nitrogens is 3. The molecule has 3 heterocycles. The molecule has 0 atom stereocenters. The fraction of sp³-hybridized carbons (Fsp3) is 0.333. The quantitative estimate of drug-likeness (QED) is 0.713. The van der Waals surface area contributed by atoms with Gasteiger partial charge in [-0.25, -0.2) is 9.97 Å². The summed E-state index contributed by atoms with van der Waals surface area (Å²) < 4.78 is 12.8. The van der Waals surface area contributed by atoms with E-state index in [9.17, 15) is 0 Å². The largest absolute Gasteiger partial charge is 0.495 e. The topological polar surface area (TPSA) is 74.7 Å². The van der Waals surface area contributed by atoms with Gasteiger partial charge >= 0.3 is 0 Å². The SMILES string of the molecule is COc1cc2ncc(-c3ccc(OC)c(N)n3)n2cc1SC(C)(C)C. The van der Waals surface area contributed by atoms with Crippen molar-refractivity contribution in [3.05, 3.63) is 30.6 Å². The Morgan fingerprint density at radius 3 is 2.44 bits per heavy atom. The van der Waals surface area contributed by atoms with Crippen molar-refractivity contribution >= 4 is 23.2 Å². The van der Waals surface area contributed by atoms with E-state index in [1.54, 1.807) is 32.2 Å². The van der Waals surface area contributed by atoms with E-state index in [1.807, 2.05) is 28.8 Å². The molecular formula is C18H22N4O2S. The highest BCUT2D eigenvalue weighted by Gasteiger charge is 2.18. The van der Waals surface area contributed by atoms with Gasteiger partial charge in [0.25, 0.3) is 0 Å². The molecule has 0 aromatic carbocycles. The first-order valence-corrected chi connectivity index (χ1v) is 8.69. The number of nitrogen functional groups attached to an aromatic ring is 1. The molecule has 7 heteroatoms. The van der Waals surface area contributed by atoms with Gasteiger partial charge in [-0.2, -0.15) is 0 Å². The van der Waals surface area contributed by atoms with Gasteiger partial charge in [0.2, 0.25) is 0 Å². The third kappa shape index (κ3) is 3.51. The number of thioether (sulfide) groups is 1. The number of methoxy groups -OCH3 is 2. The Hall–Kier alpha value is -2.41. The number of hydrogen-bond acceptors (Lipinski definition) is 6. The molecule has 0 bridgehead atoms. The molecule has 3 rings (SSSR count). The third-order valence-corrected chi connectivity index (χ3v) is 4.72. The highest BCUT2D eigenvalue weighted by Crippen LogP contribution is 2.39. The van der Waals surface area contributed by atoms with Crippen LogP contribution in [0.4, 0.5) is 5.82 Å². The number of hydrogen-bond donors (Lipinski definition) is 1. The molecule has 3 aromatic heterocycles. The predicted molar refractivity (Wildman–Crippen MR) is 102 cm³/mol. The molecule has 0 saturated heterocycles. The maximum atomic E-state index is 5.95. The van der Waals surface area contributed by atoms with Gasteiger partial charge in [-0.15, -0.1) is 11.8 Å². The Morgan fingerprint density at radius 2 is 1.84 bits per heavy atom. The highest BCUT2D eigenvalue weighted by atomic mass is 32.2. The number of rotatable bonds is 4. The van der Waals surface area contributed by atoms with Gasteiger partial charge < -0.3 is 15.2 Å². The second-order valence-electron chi connectivity index (χ2n) is 6.58. The van der Waals surface area contributed by atoms with Crippen molar-refractivity contribution in [1.82, 2.24) is 14.4 Å². The minimum Gasteiger partial charge on any atom is -0.495 e. The average molecular weight is 358 g/mol. The van der Waals surface area contributed by atoms with Crippen molar-refractivity contribution < 1.29 is 9.47 Å². The van der Waals surface area contributed by atoms with Crippen LogP contribution in [0.15, 0.2) is 35.5 Å². The molecule has 0 aliphatic heterocycles. The van der Waals surface area contributed by atoms with Crippen LogP contribution >= 0.6 is 11.8 Å². The third-order valence-electron chi connectivity index (χ3n) is 3.58. The fourth-order valence-corrected chi connectivity index (χ4v) is 3.58. The van der Waals surface area contributed by atoms with Gasteiger partial charge in [0.1, 0.15) is 11.4 Å². The van der Waals surface area contributed by atoms with Crippen LogP contribution in [0.5, 0.6) is 11.5 Å². The van der Waals surface area contributed by atoms with E-state index in [0.717, 1.165) is 27.7 Å². The molecule has 0 saturated carbocycles. The lowest BCUT2D eigenvalue weighted by Crippen LogP contribution is -2.08. The molecule has 0 fully saturated rings. The minimum atomic E-state index is 0.0600. The van der Waals surface area contributed by atoms with Gasteiger partial charge in [-0.1, -0.05) is 20.8 Å². The van der Waals surface area contributed by atoms with Gasteiger partial charge in [-0.05, 0) is 12.1 Å². The second-order valence-corrected chi connectivity index (χ2v) is 8.44. The smallest absolute Gasteiger partial charge is 0.166 e. The summed E-state index contributed by atoms with van der Waals surface area (Å²) in [5.74, 6) is 1.72. The van der Waals surface area contributed by atoms with E-state index >= 15 is 0 Å². The maximum Gasteiger partial charge on any atom is 0.166 e. The highest BCUT2D eigenvalue weighted by molar-refractivity contribution is 8.00. The van der Waals surface area contributed by atoms with Crippen LogP contribution in [-0.4, -0.2) is 33.3 Å². The molecule has 25 heavy (non-hydrogen) atoms. The number of nitrogens with two attached hydrogens (primary N) is 1. The van der Waals surface area contributed by atoms with E-state index < -0.39 is 0 Å². The van der Waals surface area contributed by atoms with E-state index in [1.165, 1.54) is 0 Å². The first kappa shape index (κ1) is 17.4. The van der Waals surface area contributed by atoms with Crippen LogP contribution < -0.4 is 15.2 Å². The summed E-state index contributed by atoms with van der Waals surface area (Å²) in [6.07, 6.45) is 3.82. The maximum absolute atomic E-state index is 5.95. The van der Waals surface area contributed by atoms with E-state index in [-0.39, 0.29) is 4.75 Å². The van der Waals surface area contributed by atoms with Crippen molar-refractivity contribution in [1.29, 1.82) is 0 Å². The summed E-state index contributed by atoms with van der Waals surface area (Å²) in [7, 11) is 3.25. The summed E-state index contributed by atoms with van der Waals surface area (Å²) in [6.45, 7) is 6.51. The zero-order valence-corrected chi connectivity index (χ0v) is 15.8. The van der Waals surface area contributed by atoms with Crippen LogP contribution in [0, 0.1) is 0 Å². The predicted octanol–water partition coefficient (Wildman–Crippen LogP) is 3.89. The number of pyridine rings is 2. The summed E-state index contributed by atoms with van der Waals surface area (Å²) >= 11 is 1.74. The van der Waals surface area contributed by atoms with E-state index in [4.69, 9.17) is 15.2 Å². The second kappa shape index (κ2) is 6.48. The Balaban J connectivity index is 2.14. The lowest BCUT2D eigenvalue weighted by molar-refractivity contribution is 0.404. The lowest BCUT2D eigenvalue weighted by atomic mass is 10.2. The Kier molecular flexibility index (Phi) is 4.51. The summed E-state index contributed by atoms with van der Waals surface area (Å²) in [6, 6.07) is 5.62. The van der Waals surface area contributed by atoms with Crippen molar-refractivity contribution in [2.75, 3.05) is 20.0 Å². The number of nitrogens with zero attached hydrogens (tertiary/aromatic N) is 3. The first-order chi connectivity index (χ1) is 11.8. The summed E-state index contributed by atoms with van der Waals surface area (Å²) in [4.78, 5) is 9.96. The van der Waals surface area contributed by atoms with Crippen LogP contribution in [0.3, 0.4) is 0 Å². The Bertz CT molecular complexity index is 915. The van der Waals surface area contributed by atoms with E-state index in [0.29, 0.717) is 11.6 Å². The fourth-order valence-electron chi connectivity index (χ4n) is 2.52. The molecule has 6 nitrogen and oxygen atoms in total. The monoisotopic (exact) mass is 358 g/mol. The number of anilines is 1. The molecule has 0 amide bonds. The number of fused-ring (bicyclic) bond motifs is 1. The molecule has 0 radical (unpaired) electrons. The van der Waals surface area contributed by atoms with Gasteiger partial charge in [-0.3, -0.25) is 4.40 Å². The van der Waals surface area contributed by atoms with Crippen molar-refractivity contribution in [3.8, 4) is 22.9 Å². The zero-order valence-electron chi connectivity index (χ0n) is 15.0. The van der Waals surface area contributed by atoms with Crippen LogP contribution in [0.2, 0.25) is 0 Å². The van der Waals surface area contributed by atoms with Crippen LogP contribution in [-0.2, 0) is 0 Å². The molecule has 0 aliphatic rings. The van der Waals surface area contributed by atoms with Crippen molar-refractivity contribution in [3.63, 3.8) is 0 Å². The first-order valence-electron chi connectivity index (χ1n) is 7.87. The average Bonchev–Trinajstić information content (AvgIpc) is 2.95. The van der Waals surface area contributed by atoms with Crippen LogP contribution in [0.1, 0.15) is 20.8 Å². The van der Waals surface area contributed by atoms with E-state index in [2.05, 4.69) is 30.7 Å². The number of imidazole rings is 1. The minimum absolute atomic E-state index is 0.0600. The molecule has 0 spiro atoms. The zero-order chi connectivity index (χ0) is 18.2. The molecule has 2 N–H and O–H groups in total. The van der Waals surface area contributed by atoms with Crippen molar-refractivity contribution in [2.45, 2.75) is 30.4 Å². The standard InChI is InChI=1S/C18H22N4O2S/c1-18(2,3)25-15-10-22-12(9-20-16(22)8-14(15)24-5)11-6-7-13(23-4)17(19)21-11/h6-10H,1-5H3,(H2,19,21). The molecule has 0 aliphatic carbocycles. The molecule has 132 valence electrons. The molecular weight excluding hydrogens is 336 g/mol. The van der Waals surface area contributed by atoms with Crippen LogP contribution in [0.25, 0.3) is 17.0 Å². The Morgan fingerprint density at radius 1 is 1.12 bits per heavy atom. The molecule has 3 aromatic rings.